The maximum Gasteiger partial charge on any atom is 0.137 e. The molecule has 6 nitrogen and oxygen atoms in total. The summed E-state index contributed by atoms with van der Waals surface area (Å²) in [5.41, 5.74) is 5.04. The molecule has 3 rings (SSSR count). The van der Waals surface area contributed by atoms with E-state index in [1.807, 2.05) is 42.9 Å². The number of amidine groups is 1. The average Bonchev–Trinajstić information content (AvgIpc) is 2.96. The fourth-order valence-corrected chi connectivity index (χ4v) is 3.07. The minimum absolute atomic E-state index is 0.576. The smallest absolute Gasteiger partial charge is 0.137 e. The number of nitriles is 1. The lowest BCUT2D eigenvalue weighted by Gasteiger charge is -2.19. The number of anilines is 1. The van der Waals surface area contributed by atoms with E-state index in [1.54, 1.807) is 6.08 Å². The SMILES string of the molecule is CCCc1nn(C)c2c1NC(c1cc(C=CC#N)ccc1OCC)=NC2. The maximum atomic E-state index is 8.77. The van der Waals surface area contributed by atoms with Crippen molar-refractivity contribution in [3.63, 3.8) is 0 Å². The summed E-state index contributed by atoms with van der Waals surface area (Å²) in [7, 11) is 1.96. The van der Waals surface area contributed by atoms with Crippen molar-refractivity contribution in [1.82, 2.24) is 9.78 Å². The second-order valence-electron chi connectivity index (χ2n) is 6.08. The minimum Gasteiger partial charge on any atom is -0.493 e. The van der Waals surface area contributed by atoms with Gasteiger partial charge in [0.15, 0.2) is 0 Å². The molecule has 1 aliphatic heterocycles. The summed E-state index contributed by atoms with van der Waals surface area (Å²) in [5, 5.41) is 16.9. The van der Waals surface area contributed by atoms with E-state index in [2.05, 4.69) is 17.3 Å². The Balaban J connectivity index is 2.00. The number of ether oxygens (including phenoxy) is 1. The fourth-order valence-electron chi connectivity index (χ4n) is 3.07. The Bertz CT molecular complexity index is 902. The highest BCUT2D eigenvalue weighted by molar-refractivity contribution is 6.11. The predicted molar refractivity (Wildman–Crippen MR) is 103 cm³/mol. The van der Waals surface area contributed by atoms with Crippen LogP contribution in [0.4, 0.5) is 5.69 Å². The first-order valence-corrected chi connectivity index (χ1v) is 8.87. The average molecular weight is 349 g/mol. The quantitative estimate of drug-likeness (QED) is 0.807. The van der Waals surface area contributed by atoms with Crippen LogP contribution in [0.2, 0.25) is 0 Å². The van der Waals surface area contributed by atoms with Crippen molar-refractivity contribution in [3.05, 3.63) is 46.8 Å². The standard InChI is InChI=1S/C20H23N5O/c1-4-7-16-19-17(25(3)24-16)13-22-20(23-19)15-12-14(8-6-11-21)9-10-18(15)26-5-2/h6,8-10,12H,4-5,7,13H2,1-3H3,(H,22,23). The van der Waals surface area contributed by atoms with Crippen molar-refractivity contribution >= 4 is 17.6 Å². The lowest BCUT2D eigenvalue weighted by atomic mass is 10.1. The van der Waals surface area contributed by atoms with Crippen molar-refractivity contribution in [2.45, 2.75) is 33.2 Å². The van der Waals surface area contributed by atoms with Crippen LogP contribution in [0.25, 0.3) is 6.08 Å². The van der Waals surface area contributed by atoms with Gasteiger partial charge < -0.3 is 10.1 Å². The summed E-state index contributed by atoms with van der Waals surface area (Å²) in [5.74, 6) is 1.55. The molecule has 0 spiro atoms. The molecule has 1 N–H and O–H groups in total. The second kappa shape index (κ2) is 7.87. The third kappa shape index (κ3) is 3.47. The second-order valence-corrected chi connectivity index (χ2v) is 6.08. The zero-order chi connectivity index (χ0) is 18.5. The van der Waals surface area contributed by atoms with Gasteiger partial charge in [-0.25, -0.2) is 0 Å². The molecule has 2 aromatic rings. The van der Waals surface area contributed by atoms with E-state index in [-0.39, 0.29) is 0 Å². The lowest BCUT2D eigenvalue weighted by molar-refractivity contribution is 0.339. The summed E-state index contributed by atoms with van der Waals surface area (Å²) >= 11 is 0. The number of rotatable bonds is 6. The molecule has 0 radical (unpaired) electrons. The van der Waals surface area contributed by atoms with Gasteiger partial charge in [-0.15, -0.1) is 0 Å². The van der Waals surface area contributed by atoms with E-state index in [9.17, 15) is 0 Å². The van der Waals surface area contributed by atoms with Gasteiger partial charge in [-0.05, 0) is 37.1 Å². The molecule has 0 amide bonds. The first kappa shape index (κ1) is 17.7. The number of nitrogens with zero attached hydrogens (tertiary/aromatic N) is 4. The minimum atomic E-state index is 0.576. The van der Waals surface area contributed by atoms with Gasteiger partial charge in [-0.3, -0.25) is 9.67 Å². The van der Waals surface area contributed by atoms with Crippen LogP contribution in [0.15, 0.2) is 29.3 Å². The van der Waals surface area contributed by atoms with Crippen LogP contribution >= 0.6 is 0 Å². The number of fused-ring (bicyclic) bond motifs is 1. The largest absolute Gasteiger partial charge is 0.493 e. The Hall–Kier alpha value is -3.07. The highest BCUT2D eigenvalue weighted by Gasteiger charge is 2.23. The summed E-state index contributed by atoms with van der Waals surface area (Å²) in [6.07, 6.45) is 5.21. The molecule has 26 heavy (non-hydrogen) atoms. The zero-order valence-corrected chi connectivity index (χ0v) is 15.4. The van der Waals surface area contributed by atoms with Crippen molar-refractivity contribution in [2.75, 3.05) is 11.9 Å². The number of aromatic nitrogens is 2. The molecule has 0 saturated carbocycles. The van der Waals surface area contributed by atoms with Crippen LogP contribution in [-0.4, -0.2) is 22.2 Å². The third-order valence-electron chi connectivity index (χ3n) is 4.26. The fraction of sp³-hybridized carbons (Fsp3) is 0.350. The van der Waals surface area contributed by atoms with Crippen LogP contribution in [0.1, 0.15) is 42.8 Å². The van der Waals surface area contributed by atoms with Crippen LogP contribution in [0, 0.1) is 11.3 Å². The van der Waals surface area contributed by atoms with E-state index < -0.39 is 0 Å². The van der Waals surface area contributed by atoms with E-state index in [1.165, 1.54) is 6.08 Å². The molecule has 0 unspecified atom stereocenters. The van der Waals surface area contributed by atoms with Gasteiger partial charge in [-0.2, -0.15) is 10.4 Å². The number of hydrogen-bond acceptors (Lipinski definition) is 5. The van der Waals surface area contributed by atoms with E-state index in [4.69, 9.17) is 15.0 Å². The number of aliphatic imine (C=N–C) groups is 1. The van der Waals surface area contributed by atoms with E-state index in [0.717, 1.165) is 52.6 Å². The molecular weight excluding hydrogens is 326 g/mol. The molecule has 2 heterocycles. The van der Waals surface area contributed by atoms with Crippen molar-refractivity contribution in [2.24, 2.45) is 12.0 Å². The predicted octanol–water partition coefficient (Wildman–Crippen LogP) is 3.68. The molecule has 1 aromatic heterocycles. The molecule has 134 valence electrons. The van der Waals surface area contributed by atoms with Crippen LogP contribution in [0.5, 0.6) is 5.75 Å². The van der Waals surface area contributed by atoms with E-state index in [0.29, 0.717) is 13.2 Å². The summed E-state index contributed by atoms with van der Waals surface area (Å²) in [6.45, 7) is 5.26. The summed E-state index contributed by atoms with van der Waals surface area (Å²) < 4.78 is 7.70. The van der Waals surface area contributed by atoms with Crippen molar-refractivity contribution in [3.8, 4) is 11.8 Å². The number of aryl methyl sites for hydroxylation is 2. The molecule has 0 bridgehead atoms. The van der Waals surface area contributed by atoms with Crippen LogP contribution < -0.4 is 10.1 Å². The Morgan fingerprint density at radius 2 is 2.23 bits per heavy atom. The first-order valence-electron chi connectivity index (χ1n) is 8.87. The molecule has 0 aliphatic carbocycles. The van der Waals surface area contributed by atoms with Crippen LogP contribution in [-0.2, 0) is 20.0 Å². The van der Waals surface area contributed by atoms with Gasteiger partial charge in [0.2, 0.25) is 0 Å². The number of allylic oxidation sites excluding steroid dienone is 1. The van der Waals surface area contributed by atoms with Crippen molar-refractivity contribution in [1.29, 1.82) is 5.26 Å². The molecule has 0 fully saturated rings. The molecular formula is C20H23N5O. The number of nitrogens with one attached hydrogen (secondary N) is 1. The Morgan fingerprint density at radius 1 is 1.38 bits per heavy atom. The molecule has 1 aliphatic rings. The van der Waals surface area contributed by atoms with Gasteiger partial charge >= 0.3 is 0 Å². The first-order chi connectivity index (χ1) is 12.7. The Labute approximate surface area is 153 Å². The van der Waals surface area contributed by atoms with Gasteiger partial charge in [0, 0.05) is 13.1 Å². The Kier molecular flexibility index (Phi) is 5.37. The van der Waals surface area contributed by atoms with E-state index >= 15 is 0 Å². The molecule has 0 saturated heterocycles. The molecule has 6 heteroatoms. The topological polar surface area (TPSA) is 75.2 Å². The van der Waals surface area contributed by atoms with Gasteiger partial charge in [0.05, 0.1) is 41.9 Å². The van der Waals surface area contributed by atoms with Gasteiger partial charge in [0.1, 0.15) is 11.6 Å². The highest BCUT2D eigenvalue weighted by atomic mass is 16.5. The monoisotopic (exact) mass is 349 g/mol. The normalized spacial score (nSPS) is 13.1. The zero-order valence-electron chi connectivity index (χ0n) is 15.4. The highest BCUT2D eigenvalue weighted by Crippen LogP contribution is 2.30. The third-order valence-corrected chi connectivity index (χ3v) is 4.26. The summed E-state index contributed by atoms with van der Waals surface area (Å²) in [6, 6.07) is 7.87. The van der Waals surface area contributed by atoms with Crippen LogP contribution in [0.3, 0.4) is 0 Å². The van der Waals surface area contributed by atoms with Gasteiger partial charge in [-0.1, -0.05) is 19.4 Å². The Morgan fingerprint density at radius 3 is 2.96 bits per heavy atom. The lowest BCUT2D eigenvalue weighted by Crippen LogP contribution is -2.21. The summed E-state index contributed by atoms with van der Waals surface area (Å²) in [4.78, 5) is 4.72. The number of hydrogen-bond donors (Lipinski definition) is 1. The maximum absolute atomic E-state index is 8.77. The van der Waals surface area contributed by atoms with Gasteiger partial charge in [0.25, 0.3) is 0 Å². The number of benzene rings is 1. The van der Waals surface area contributed by atoms with Crippen molar-refractivity contribution < 1.29 is 4.74 Å². The molecule has 1 aromatic carbocycles. The molecule has 0 atom stereocenters.